The van der Waals surface area contributed by atoms with Gasteiger partial charge in [-0.1, -0.05) is 54.6 Å². The zero-order valence-corrected chi connectivity index (χ0v) is 30.0. The number of morpholine rings is 1. The van der Waals surface area contributed by atoms with Gasteiger partial charge in [-0.05, 0) is 44.4 Å². The summed E-state index contributed by atoms with van der Waals surface area (Å²) < 4.78 is 16.1. The predicted molar refractivity (Wildman–Crippen MR) is 198 cm³/mol. The van der Waals surface area contributed by atoms with Crippen LogP contribution in [0.15, 0.2) is 79.3 Å². The van der Waals surface area contributed by atoms with E-state index in [4.69, 9.17) is 19.9 Å². The number of amides is 3. The topological polar surface area (TPSA) is 200 Å². The number of carbonyl (C=O) groups is 4. The van der Waals surface area contributed by atoms with Crippen LogP contribution in [0.2, 0.25) is 0 Å². The first-order valence-corrected chi connectivity index (χ1v) is 17.2. The van der Waals surface area contributed by atoms with Crippen LogP contribution in [0.25, 0.3) is 11.3 Å². The van der Waals surface area contributed by atoms with Crippen LogP contribution in [0.1, 0.15) is 55.2 Å². The van der Waals surface area contributed by atoms with E-state index in [1.807, 2.05) is 36.4 Å². The molecule has 1 unspecified atom stereocenters. The Morgan fingerprint density at radius 1 is 0.962 bits per heavy atom. The molecule has 0 radical (unpaired) electrons. The van der Waals surface area contributed by atoms with Crippen LogP contribution in [0, 0.1) is 0 Å². The minimum absolute atomic E-state index is 0.00132. The molecule has 3 heterocycles. The number of nitrogens with one attached hydrogen (secondary N) is 3. The lowest BCUT2D eigenvalue weighted by molar-refractivity contribution is -0.145. The molecule has 1 saturated heterocycles. The molecule has 15 heteroatoms. The van der Waals surface area contributed by atoms with Crippen molar-refractivity contribution in [3.8, 4) is 11.3 Å². The van der Waals surface area contributed by atoms with Crippen LogP contribution in [0.4, 0.5) is 22.0 Å². The maximum Gasteiger partial charge on any atom is 0.408 e. The maximum absolute atomic E-state index is 13.4. The molecule has 1 fully saturated rings. The smallest absolute Gasteiger partial charge is 0.408 e. The van der Waals surface area contributed by atoms with E-state index in [1.54, 1.807) is 57.4 Å². The quantitative estimate of drug-likeness (QED) is 0.143. The predicted octanol–water partition coefficient (Wildman–Crippen LogP) is 4.24. The number of nitrogen functional groups attached to an aromatic ring is 1. The highest BCUT2D eigenvalue weighted by atomic mass is 16.6. The fraction of sp³-hybridized carbons (Fsp3) is 0.342. The number of rotatable bonds is 13. The van der Waals surface area contributed by atoms with Gasteiger partial charge in [0.2, 0.25) is 5.91 Å². The van der Waals surface area contributed by atoms with Crippen molar-refractivity contribution in [1.29, 1.82) is 0 Å². The van der Waals surface area contributed by atoms with E-state index < -0.39 is 35.5 Å². The number of nitrogens with zero attached hydrogens (tertiary/aromatic N) is 4. The summed E-state index contributed by atoms with van der Waals surface area (Å²) in [5.41, 5.74) is 9.25. The van der Waals surface area contributed by atoms with Gasteiger partial charge in [-0.25, -0.2) is 14.8 Å². The Morgan fingerprint density at radius 3 is 2.42 bits per heavy atom. The number of alkyl carbamates (subject to hydrolysis) is 1. The van der Waals surface area contributed by atoms with Crippen molar-refractivity contribution < 1.29 is 33.4 Å². The Morgan fingerprint density at radius 2 is 1.70 bits per heavy atom. The molecule has 2 aromatic heterocycles. The third-order valence-corrected chi connectivity index (χ3v) is 8.02. The van der Waals surface area contributed by atoms with Gasteiger partial charge in [-0.15, -0.1) is 0 Å². The number of hydrogen-bond acceptors (Lipinski definition) is 12. The Balaban J connectivity index is 1.20. The van der Waals surface area contributed by atoms with E-state index in [1.165, 1.54) is 6.20 Å². The van der Waals surface area contributed by atoms with Gasteiger partial charge in [0.05, 0.1) is 42.7 Å². The van der Waals surface area contributed by atoms with Gasteiger partial charge >= 0.3 is 12.1 Å². The Hall–Kier alpha value is -6.09. The van der Waals surface area contributed by atoms with Crippen molar-refractivity contribution in [1.82, 2.24) is 25.6 Å². The standard InChI is InChI=1S/C38H44N8O7/c1-38(2,3)53-37(50)45-28(13-14-32(47)52-24-26-7-5-4-6-8-26)35(48)42-21-25-9-11-27(12-10-25)29-23-41-34(39)33(43-29)36(49)44-30-22-40-16-15-31(30)46-17-19-51-20-18-46/h4-12,15-16,22-23,28H,13-14,17-21,24H2,1-3H3,(H2,39,41)(H,42,48)(H,44,49)(H,45,50). The summed E-state index contributed by atoms with van der Waals surface area (Å²) >= 11 is 0. The van der Waals surface area contributed by atoms with Crippen LogP contribution >= 0.6 is 0 Å². The second kappa shape index (κ2) is 17.9. The highest BCUT2D eigenvalue weighted by Crippen LogP contribution is 2.27. The molecule has 1 atom stereocenters. The molecule has 0 bridgehead atoms. The first kappa shape index (κ1) is 38.1. The first-order valence-electron chi connectivity index (χ1n) is 17.2. The molecule has 53 heavy (non-hydrogen) atoms. The molecule has 0 saturated carbocycles. The van der Waals surface area contributed by atoms with Gasteiger partial charge in [-0.2, -0.15) is 0 Å². The molecule has 1 aliphatic heterocycles. The molecule has 2 aromatic carbocycles. The van der Waals surface area contributed by atoms with Gasteiger partial charge < -0.3 is 40.8 Å². The molecule has 4 aromatic rings. The lowest BCUT2D eigenvalue weighted by atomic mass is 10.1. The number of hydrogen-bond donors (Lipinski definition) is 4. The van der Waals surface area contributed by atoms with Crippen molar-refractivity contribution in [3.05, 3.63) is 96.1 Å². The van der Waals surface area contributed by atoms with Gasteiger partial charge in [0.15, 0.2) is 11.5 Å². The van der Waals surface area contributed by atoms with Gasteiger partial charge in [0.1, 0.15) is 18.2 Å². The average molecular weight is 725 g/mol. The Kier molecular flexibility index (Phi) is 12.9. The first-order chi connectivity index (χ1) is 25.4. The van der Waals surface area contributed by atoms with E-state index in [0.29, 0.717) is 43.2 Å². The lowest BCUT2D eigenvalue weighted by Crippen LogP contribution is -2.48. The third-order valence-electron chi connectivity index (χ3n) is 8.02. The lowest BCUT2D eigenvalue weighted by Gasteiger charge is -2.30. The van der Waals surface area contributed by atoms with E-state index in [-0.39, 0.29) is 37.5 Å². The van der Waals surface area contributed by atoms with Crippen molar-refractivity contribution in [2.24, 2.45) is 0 Å². The summed E-state index contributed by atoms with van der Waals surface area (Å²) in [6.45, 7) is 7.89. The maximum atomic E-state index is 13.4. The number of ether oxygens (including phenoxy) is 3. The minimum Gasteiger partial charge on any atom is -0.461 e. The Bertz CT molecular complexity index is 1880. The van der Waals surface area contributed by atoms with E-state index >= 15 is 0 Å². The van der Waals surface area contributed by atoms with Gasteiger partial charge in [0, 0.05) is 37.8 Å². The van der Waals surface area contributed by atoms with E-state index in [0.717, 1.165) is 16.8 Å². The molecule has 1 aliphatic rings. The molecular weight excluding hydrogens is 680 g/mol. The normalized spacial score (nSPS) is 13.4. The zero-order chi connectivity index (χ0) is 37.8. The summed E-state index contributed by atoms with van der Waals surface area (Å²) in [6.07, 6.45) is 3.83. The molecular formula is C38H44N8O7. The second-order valence-electron chi connectivity index (χ2n) is 13.2. The summed E-state index contributed by atoms with van der Waals surface area (Å²) in [6, 6.07) is 17.1. The summed E-state index contributed by atoms with van der Waals surface area (Å²) in [5, 5.41) is 8.26. The van der Waals surface area contributed by atoms with Crippen LogP contribution in [0.3, 0.4) is 0 Å². The van der Waals surface area contributed by atoms with Crippen LogP contribution in [-0.2, 0) is 37.0 Å². The number of carbonyl (C=O) groups excluding carboxylic acids is 4. The second-order valence-corrected chi connectivity index (χ2v) is 13.2. The van der Waals surface area contributed by atoms with Gasteiger partial charge in [-0.3, -0.25) is 19.4 Å². The number of esters is 1. The monoisotopic (exact) mass is 724 g/mol. The fourth-order valence-corrected chi connectivity index (χ4v) is 5.35. The molecule has 0 aliphatic carbocycles. The van der Waals surface area contributed by atoms with Crippen molar-refractivity contribution >= 4 is 41.1 Å². The fourth-order valence-electron chi connectivity index (χ4n) is 5.35. The third kappa shape index (κ3) is 11.5. The van der Waals surface area contributed by atoms with Crippen molar-refractivity contribution in [2.75, 3.05) is 42.3 Å². The van der Waals surface area contributed by atoms with Crippen LogP contribution in [0.5, 0.6) is 0 Å². The van der Waals surface area contributed by atoms with E-state index in [2.05, 4.69) is 35.8 Å². The highest BCUT2D eigenvalue weighted by molar-refractivity contribution is 6.07. The molecule has 15 nitrogen and oxygen atoms in total. The number of pyridine rings is 1. The zero-order valence-electron chi connectivity index (χ0n) is 30.0. The summed E-state index contributed by atoms with van der Waals surface area (Å²) in [4.78, 5) is 66.6. The summed E-state index contributed by atoms with van der Waals surface area (Å²) in [7, 11) is 0. The summed E-state index contributed by atoms with van der Waals surface area (Å²) in [5.74, 6) is -1.56. The molecule has 278 valence electrons. The van der Waals surface area contributed by atoms with Crippen molar-refractivity contribution in [2.45, 2.75) is 58.4 Å². The molecule has 5 N–H and O–H groups in total. The van der Waals surface area contributed by atoms with Crippen molar-refractivity contribution in [3.63, 3.8) is 0 Å². The minimum atomic E-state index is -1.06. The average Bonchev–Trinajstić information content (AvgIpc) is 3.15. The van der Waals surface area contributed by atoms with E-state index in [9.17, 15) is 19.2 Å². The highest BCUT2D eigenvalue weighted by Gasteiger charge is 2.26. The molecule has 3 amide bonds. The largest absolute Gasteiger partial charge is 0.461 e. The Labute approximate surface area is 307 Å². The SMILES string of the molecule is CC(C)(C)OC(=O)NC(CCC(=O)OCc1ccccc1)C(=O)NCc1ccc(-c2cnc(N)c(C(=O)Nc3cnccc3N3CCOCC3)n2)cc1. The number of nitrogens with two attached hydrogens (primary N) is 1. The molecule has 0 spiro atoms. The van der Waals surface area contributed by atoms with Gasteiger partial charge in [0.25, 0.3) is 5.91 Å². The number of anilines is 3. The number of benzene rings is 2. The molecule has 5 rings (SSSR count). The number of aromatic nitrogens is 3. The van der Waals surface area contributed by atoms with Crippen LogP contribution in [-0.4, -0.2) is 76.8 Å². The van der Waals surface area contributed by atoms with Crippen LogP contribution < -0.4 is 26.6 Å².